The number of hydrogen-bond acceptors (Lipinski definition) is 2. The van der Waals surface area contributed by atoms with Crippen molar-refractivity contribution in [3.8, 4) is 0 Å². The van der Waals surface area contributed by atoms with Crippen LogP contribution in [-0.2, 0) is 4.79 Å². The first-order chi connectivity index (χ1) is 8.16. The number of halogens is 2. The molecule has 1 aromatic carbocycles. The monoisotopic (exact) mass is 381 g/mol. The predicted molar refractivity (Wildman–Crippen MR) is 82.9 cm³/mol. The molecule has 1 atom stereocenters. The normalized spacial score (nSPS) is 20.0. The quantitative estimate of drug-likeness (QED) is 0.779. The number of benzene rings is 1. The van der Waals surface area contributed by atoms with Gasteiger partial charge in [-0.05, 0) is 59.4 Å². The zero-order valence-corrected chi connectivity index (χ0v) is 12.9. The van der Waals surface area contributed by atoms with E-state index in [1.54, 1.807) is 17.8 Å². The Kier molecular flexibility index (Phi) is 4.99. The number of anilines is 1. The molecule has 1 unspecified atom stereocenters. The summed E-state index contributed by atoms with van der Waals surface area (Å²) in [5, 5.41) is 3.78. The highest BCUT2D eigenvalue weighted by Crippen LogP contribution is 2.28. The lowest BCUT2D eigenvalue weighted by Crippen LogP contribution is -2.27. The number of nitrogens with one attached hydrogen (secondary N) is 1. The van der Waals surface area contributed by atoms with Crippen LogP contribution in [-0.4, -0.2) is 16.9 Å². The average Bonchev–Trinajstić information content (AvgIpc) is 2.34. The van der Waals surface area contributed by atoms with Crippen LogP contribution in [0.1, 0.15) is 19.3 Å². The molecule has 2 rings (SSSR count). The number of rotatable bonds is 2. The largest absolute Gasteiger partial charge is 0.324 e. The van der Waals surface area contributed by atoms with Crippen LogP contribution in [0.5, 0.6) is 0 Å². The maximum atomic E-state index is 12.0. The van der Waals surface area contributed by atoms with E-state index in [4.69, 9.17) is 11.6 Å². The van der Waals surface area contributed by atoms with E-state index in [9.17, 15) is 4.79 Å². The number of amides is 1. The van der Waals surface area contributed by atoms with Gasteiger partial charge < -0.3 is 5.32 Å². The molecule has 0 aromatic heterocycles. The molecule has 0 spiro atoms. The second kappa shape index (κ2) is 6.29. The zero-order valence-electron chi connectivity index (χ0n) is 9.21. The summed E-state index contributed by atoms with van der Waals surface area (Å²) in [5.74, 6) is 1.21. The first-order valence-corrected chi connectivity index (χ1v) is 8.05. The number of hydrogen-bond donors (Lipinski definition) is 1. The van der Waals surface area contributed by atoms with Crippen molar-refractivity contribution in [2.45, 2.75) is 24.5 Å². The van der Waals surface area contributed by atoms with Crippen LogP contribution in [0.3, 0.4) is 0 Å². The molecule has 0 bridgehead atoms. The standard InChI is InChI=1S/C12H13ClINOS/c13-8-4-5-10(9(14)7-8)15-12(16)11-3-1-2-6-17-11/h4-5,7,11H,1-3,6H2,(H,15,16). The van der Waals surface area contributed by atoms with Gasteiger partial charge in [-0.3, -0.25) is 4.79 Å². The lowest BCUT2D eigenvalue weighted by Gasteiger charge is -2.20. The zero-order chi connectivity index (χ0) is 12.3. The van der Waals surface area contributed by atoms with E-state index < -0.39 is 0 Å². The van der Waals surface area contributed by atoms with Crippen LogP contribution in [0.25, 0.3) is 0 Å². The van der Waals surface area contributed by atoms with E-state index in [0.29, 0.717) is 5.02 Å². The van der Waals surface area contributed by atoms with E-state index in [-0.39, 0.29) is 11.2 Å². The van der Waals surface area contributed by atoms with E-state index in [1.807, 2.05) is 12.1 Å². The van der Waals surface area contributed by atoms with Gasteiger partial charge in [-0.1, -0.05) is 18.0 Å². The average molecular weight is 382 g/mol. The molecule has 0 radical (unpaired) electrons. The lowest BCUT2D eigenvalue weighted by atomic mass is 10.2. The Morgan fingerprint density at radius 3 is 2.94 bits per heavy atom. The Morgan fingerprint density at radius 2 is 2.29 bits per heavy atom. The summed E-state index contributed by atoms with van der Waals surface area (Å²) in [6.07, 6.45) is 3.37. The molecule has 17 heavy (non-hydrogen) atoms. The van der Waals surface area contributed by atoms with Gasteiger partial charge in [0.2, 0.25) is 5.91 Å². The van der Waals surface area contributed by atoms with Gasteiger partial charge in [-0.25, -0.2) is 0 Å². The maximum Gasteiger partial charge on any atom is 0.237 e. The van der Waals surface area contributed by atoms with E-state index >= 15 is 0 Å². The van der Waals surface area contributed by atoms with Crippen molar-refractivity contribution in [2.24, 2.45) is 0 Å². The Bertz CT molecular complexity index is 421. The van der Waals surface area contributed by atoms with E-state index in [1.165, 1.54) is 6.42 Å². The minimum atomic E-state index is 0.107. The van der Waals surface area contributed by atoms with Gasteiger partial charge in [0, 0.05) is 8.59 Å². The Labute approximate surface area is 124 Å². The first-order valence-electron chi connectivity index (χ1n) is 5.54. The smallest absolute Gasteiger partial charge is 0.237 e. The van der Waals surface area contributed by atoms with Crippen LogP contribution in [0.4, 0.5) is 5.69 Å². The fraction of sp³-hybridized carbons (Fsp3) is 0.417. The Balaban J connectivity index is 2.02. The first kappa shape index (κ1) is 13.5. The number of thioether (sulfide) groups is 1. The second-order valence-electron chi connectivity index (χ2n) is 3.97. The second-order valence-corrected chi connectivity index (χ2v) is 6.88. The van der Waals surface area contributed by atoms with Gasteiger partial charge in [-0.2, -0.15) is 0 Å². The SMILES string of the molecule is O=C(Nc1ccc(Cl)cc1I)C1CCCCS1. The van der Waals surface area contributed by atoms with Gasteiger partial charge in [0.1, 0.15) is 0 Å². The molecule has 1 aliphatic rings. The molecule has 1 aromatic rings. The fourth-order valence-corrected chi connectivity index (χ4v) is 3.96. The summed E-state index contributed by atoms with van der Waals surface area (Å²) in [6, 6.07) is 5.51. The molecular weight excluding hydrogens is 369 g/mol. The van der Waals surface area contributed by atoms with Crippen molar-refractivity contribution < 1.29 is 4.79 Å². The number of carbonyl (C=O) groups is 1. The molecule has 1 saturated heterocycles. The fourth-order valence-electron chi connectivity index (χ4n) is 1.75. The van der Waals surface area contributed by atoms with Crippen LogP contribution in [0.15, 0.2) is 18.2 Å². The van der Waals surface area contributed by atoms with Crippen LogP contribution >= 0.6 is 46.0 Å². The maximum absolute atomic E-state index is 12.0. The third-order valence-corrected chi connectivity index (χ3v) is 5.17. The van der Waals surface area contributed by atoms with Gasteiger partial charge >= 0.3 is 0 Å². The van der Waals surface area contributed by atoms with Crippen LogP contribution < -0.4 is 5.32 Å². The molecule has 0 saturated carbocycles. The molecule has 1 fully saturated rings. The highest BCUT2D eigenvalue weighted by atomic mass is 127. The van der Waals surface area contributed by atoms with Gasteiger partial charge in [0.15, 0.2) is 0 Å². The Morgan fingerprint density at radius 1 is 1.47 bits per heavy atom. The van der Waals surface area contributed by atoms with E-state index in [0.717, 1.165) is 27.9 Å². The molecule has 92 valence electrons. The predicted octanol–water partition coefficient (Wildman–Crippen LogP) is 4.17. The topological polar surface area (TPSA) is 29.1 Å². The lowest BCUT2D eigenvalue weighted by molar-refractivity contribution is -0.115. The Hall–Kier alpha value is 0.0600. The molecular formula is C12H13ClINOS. The summed E-state index contributed by atoms with van der Waals surface area (Å²) >= 11 is 9.82. The van der Waals surface area contributed by atoms with Crippen molar-refractivity contribution >= 4 is 57.5 Å². The summed E-state index contributed by atoms with van der Waals surface area (Å²) in [5.41, 5.74) is 0.853. The summed E-state index contributed by atoms with van der Waals surface area (Å²) in [7, 11) is 0. The van der Waals surface area contributed by atoms with Crippen molar-refractivity contribution in [1.29, 1.82) is 0 Å². The van der Waals surface area contributed by atoms with Crippen LogP contribution in [0.2, 0.25) is 5.02 Å². The minimum absolute atomic E-state index is 0.107. The van der Waals surface area contributed by atoms with Crippen LogP contribution in [0, 0.1) is 3.57 Å². The highest BCUT2D eigenvalue weighted by Gasteiger charge is 2.22. The summed E-state index contributed by atoms with van der Waals surface area (Å²) < 4.78 is 0.976. The van der Waals surface area contributed by atoms with Gasteiger partial charge in [0.25, 0.3) is 0 Å². The molecule has 2 nitrogen and oxygen atoms in total. The molecule has 1 aliphatic heterocycles. The van der Waals surface area contributed by atoms with Crippen molar-refractivity contribution in [3.05, 3.63) is 26.8 Å². The minimum Gasteiger partial charge on any atom is -0.324 e. The van der Waals surface area contributed by atoms with Gasteiger partial charge in [-0.15, -0.1) is 11.8 Å². The van der Waals surface area contributed by atoms with E-state index in [2.05, 4.69) is 27.9 Å². The molecule has 1 amide bonds. The summed E-state index contributed by atoms with van der Waals surface area (Å²) in [4.78, 5) is 12.0. The van der Waals surface area contributed by atoms with Crippen molar-refractivity contribution in [2.75, 3.05) is 11.1 Å². The third kappa shape index (κ3) is 3.76. The van der Waals surface area contributed by atoms with Crippen molar-refractivity contribution in [1.82, 2.24) is 0 Å². The molecule has 0 aliphatic carbocycles. The van der Waals surface area contributed by atoms with Gasteiger partial charge in [0.05, 0.1) is 10.9 Å². The van der Waals surface area contributed by atoms with Crippen molar-refractivity contribution in [3.63, 3.8) is 0 Å². The molecule has 1 heterocycles. The molecule has 1 N–H and O–H groups in total. The summed E-state index contributed by atoms with van der Waals surface area (Å²) in [6.45, 7) is 0. The third-order valence-electron chi connectivity index (χ3n) is 2.66. The molecule has 5 heteroatoms. The highest BCUT2D eigenvalue weighted by molar-refractivity contribution is 14.1. The number of carbonyl (C=O) groups excluding carboxylic acids is 1.